The second kappa shape index (κ2) is 7.48. The fourth-order valence-corrected chi connectivity index (χ4v) is 2.94. The van der Waals surface area contributed by atoms with Gasteiger partial charge in [-0.3, -0.25) is 4.68 Å². The number of nitrogens with one attached hydrogen (secondary N) is 2. The molecule has 8 nitrogen and oxygen atoms in total. The fourth-order valence-electron chi connectivity index (χ4n) is 2.94. The van der Waals surface area contributed by atoms with Crippen LogP contribution in [0.1, 0.15) is 38.0 Å². The van der Waals surface area contributed by atoms with Crippen LogP contribution in [0.5, 0.6) is 0 Å². The Morgan fingerprint density at radius 3 is 3.08 bits per heavy atom. The van der Waals surface area contributed by atoms with E-state index in [9.17, 15) is 4.79 Å². The highest BCUT2D eigenvalue weighted by molar-refractivity contribution is 5.89. The molecule has 0 radical (unpaired) electrons. The molecule has 24 heavy (non-hydrogen) atoms. The second-order valence-corrected chi connectivity index (χ2v) is 6.10. The normalized spacial score (nSPS) is 20.8. The smallest absolute Gasteiger partial charge is 0.319 e. The maximum atomic E-state index is 12.2. The van der Waals surface area contributed by atoms with Crippen molar-refractivity contribution < 1.29 is 9.53 Å². The highest BCUT2D eigenvalue weighted by Gasteiger charge is 2.26. The van der Waals surface area contributed by atoms with Gasteiger partial charge >= 0.3 is 6.03 Å². The van der Waals surface area contributed by atoms with E-state index in [0.29, 0.717) is 12.3 Å². The van der Waals surface area contributed by atoms with Gasteiger partial charge in [0.05, 0.1) is 30.1 Å². The first-order valence-electron chi connectivity index (χ1n) is 8.33. The summed E-state index contributed by atoms with van der Waals surface area (Å²) in [6, 6.07) is -0.133. The summed E-state index contributed by atoms with van der Waals surface area (Å²) in [5.74, 6) is 0. The Hall–Kier alpha value is -2.35. The highest BCUT2D eigenvalue weighted by atomic mass is 16.5. The molecule has 0 aromatic carbocycles. The zero-order chi connectivity index (χ0) is 16.9. The molecule has 2 aromatic heterocycles. The topological polar surface area (TPSA) is 86.0 Å². The Morgan fingerprint density at radius 2 is 2.33 bits per heavy atom. The molecule has 2 unspecified atom stereocenters. The van der Waals surface area contributed by atoms with E-state index < -0.39 is 0 Å². The van der Waals surface area contributed by atoms with E-state index in [4.69, 9.17) is 4.74 Å². The molecular formula is C16H24N6O2. The van der Waals surface area contributed by atoms with Crippen molar-refractivity contribution >= 4 is 11.7 Å². The molecule has 130 valence electrons. The van der Waals surface area contributed by atoms with Gasteiger partial charge in [0.15, 0.2) is 0 Å². The van der Waals surface area contributed by atoms with Crippen LogP contribution in [0.2, 0.25) is 0 Å². The molecule has 0 spiro atoms. The number of nitrogens with zero attached hydrogens (tertiary/aromatic N) is 4. The zero-order valence-electron chi connectivity index (χ0n) is 14.1. The number of imidazole rings is 1. The molecule has 0 bridgehead atoms. The molecule has 0 saturated carbocycles. The molecule has 8 heteroatoms. The van der Waals surface area contributed by atoms with Crippen molar-refractivity contribution in [2.75, 3.05) is 11.9 Å². The first-order valence-corrected chi connectivity index (χ1v) is 8.33. The monoisotopic (exact) mass is 332 g/mol. The van der Waals surface area contributed by atoms with Gasteiger partial charge in [-0.25, -0.2) is 9.78 Å². The molecule has 2 N–H and O–H groups in total. The zero-order valence-corrected chi connectivity index (χ0v) is 14.1. The minimum atomic E-state index is -0.207. The summed E-state index contributed by atoms with van der Waals surface area (Å²) >= 11 is 0. The molecule has 2 atom stereocenters. The third-order valence-electron chi connectivity index (χ3n) is 4.15. The maximum absolute atomic E-state index is 12.2. The van der Waals surface area contributed by atoms with E-state index in [1.807, 2.05) is 28.7 Å². The summed E-state index contributed by atoms with van der Waals surface area (Å²) in [5.41, 5.74) is 1.74. The molecule has 2 amide bonds. The number of carbonyl (C=O) groups excluding carboxylic acids is 1. The van der Waals surface area contributed by atoms with Crippen molar-refractivity contribution in [3.8, 4) is 0 Å². The van der Waals surface area contributed by atoms with Crippen molar-refractivity contribution in [1.29, 1.82) is 0 Å². The van der Waals surface area contributed by atoms with Crippen LogP contribution in [0.3, 0.4) is 0 Å². The number of hydrogen-bond acceptors (Lipinski definition) is 4. The van der Waals surface area contributed by atoms with Crippen molar-refractivity contribution in [3.63, 3.8) is 0 Å². The number of hydrogen-bond donors (Lipinski definition) is 2. The number of anilines is 1. The lowest BCUT2D eigenvalue weighted by molar-refractivity contribution is -0.00151. The summed E-state index contributed by atoms with van der Waals surface area (Å²) in [6.45, 7) is 3.55. The average Bonchev–Trinajstić information content (AvgIpc) is 3.17. The average molecular weight is 332 g/mol. The lowest BCUT2D eigenvalue weighted by Gasteiger charge is -2.30. The summed E-state index contributed by atoms with van der Waals surface area (Å²) in [7, 11) is 1.95. The third kappa shape index (κ3) is 3.94. The number of aryl methyl sites for hydroxylation is 2. The Balaban J connectivity index is 1.53. The molecule has 1 fully saturated rings. The Morgan fingerprint density at radius 1 is 1.46 bits per heavy atom. The maximum Gasteiger partial charge on any atom is 0.319 e. The Bertz CT molecular complexity index is 680. The lowest BCUT2D eigenvalue weighted by atomic mass is 10.0. The van der Waals surface area contributed by atoms with Gasteiger partial charge in [-0.05, 0) is 19.3 Å². The second-order valence-electron chi connectivity index (χ2n) is 6.10. The van der Waals surface area contributed by atoms with Crippen molar-refractivity contribution in [2.24, 2.45) is 7.05 Å². The summed E-state index contributed by atoms with van der Waals surface area (Å²) < 4.78 is 9.59. The molecule has 3 heterocycles. The van der Waals surface area contributed by atoms with E-state index >= 15 is 0 Å². The number of amides is 2. The minimum Gasteiger partial charge on any atom is -0.372 e. The van der Waals surface area contributed by atoms with Crippen LogP contribution in [0, 0.1) is 0 Å². The molecule has 1 aliphatic heterocycles. The van der Waals surface area contributed by atoms with Crippen molar-refractivity contribution in [2.45, 2.75) is 44.9 Å². The van der Waals surface area contributed by atoms with Gasteiger partial charge in [0.2, 0.25) is 0 Å². The van der Waals surface area contributed by atoms with Crippen LogP contribution in [-0.2, 0) is 18.3 Å². The van der Waals surface area contributed by atoms with Crippen LogP contribution in [0.25, 0.3) is 0 Å². The molecule has 2 aromatic rings. The minimum absolute atomic E-state index is 0.0381. The summed E-state index contributed by atoms with van der Waals surface area (Å²) in [4.78, 5) is 16.3. The van der Waals surface area contributed by atoms with Gasteiger partial charge in [-0.1, -0.05) is 6.92 Å². The Labute approximate surface area is 141 Å². The fraction of sp³-hybridized carbons (Fsp3) is 0.562. The molecule has 0 aliphatic carbocycles. The highest BCUT2D eigenvalue weighted by Crippen LogP contribution is 2.27. The number of aromatic nitrogens is 4. The number of carbonyl (C=O) groups is 1. The van der Waals surface area contributed by atoms with E-state index in [2.05, 4.69) is 27.6 Å². The number of ether oxygens (including phenoxy) is 1. The lowest BCUT2D eigenvalue weighted by Crippen LogP contribution is -2.42. The number of urea groups is 1. The SMILES string of the molecule is CCCn1cc(NC(=O)NC2CCOC(c3cncn3C)C2)cn1. The Kier molecular flexibility index (Phi) is 5.14. The van der Waals surface area contributed by atoms with E-state index in [0.717, 1.165) is 31.5 Å². The molecule has 1 saturated heterocycles. The van der Waals surface area contributed by atoms with Crippen LogP contribution >= 0.6 is 0 Å². The van der Waals surface area contributed by atoms with Crippen LogP contribution in [0.4, 0.5) is 10.5 Å². The molecule has 1 aliphatic rings. The number of rotatable bonds is 5. The van der Waals surface area contributed by atoms with Gasteiger partial charge in [0, 0.05) is 32.4 Å². The van der Waals surface area contributed by atoms with Crippen LogP contribution in [0.15, 0.2) is 24.9 Å². The van der Waals surface area contributed by atoms with Crippen LogP contribution < -0.4 is 10.6 Å². The van der Waals surface area contributed by atoms with E-state index in [1.165, 1.54) is 0 Å². The first-order chi connectivity index (χ1) is 11.7. The molecule has 3 rings (SSSR count). The van der Waals surface area contributed by atoms with Crippen molar-refractivity contribution in [3.05, 3.63) is 30.6 Å². The van der Waals surface area contributed by atoms with Crippen LogP contribution in [-0.4, -0.2) is 38.0 Å². The quantitative estimate of drug-likeness (QED) is 0.877. The van der Waals surface area contributed by atoms with E-state index in [1.54, 1.807) is 12.5 Å². The van der Waals surface area contributed by atoms with E-state index in [-0.39, 0.29) is 18.2 Å². The van der Waals surface area contributed by atoms with Gasteiger partial charge in [-0.15, -0.1) is 0 Å². The van der Waals surface area contributed by atoms with Crippen molar-refractivity contribution in [1.82, 2.24) is 24.6 Å². The predicted octanol–water partition coefficient (Wildman–Crippen LogP) is 2.07. The predicted molar refractivity (Wildman–Crippen MR) is 89.6 cm³/mol. The van der Waals surface area contributed by atoms with Gasteiger partial charge < -0.3 is 19.9 Å². The largest absolute Gasteiger partial charge is 0.372 e. The standard InChI is InChI=1S/C16H24N6O2/c1-3-5-22-10-13(8-18-22)20-16(23)19-12-4-6-24-15(7-12)14-9-17-11-21(14)2/h8-12,15H,3-7H2,1-2H3,(H2,19,20,23). The molecular weight excluding hydrogens is 308 g/mol. The summed E-state index contributed by atoms with van der Waals surface area (Å²) in [6.07, 6.45) is 9.59. The van der Waals surface area contributed by atoms with Gasteiger partial charge in [0.25, 0.3) is 0 Å². The van der Waals surface area contributed by atoms with Gasteiger partial charge in [-0.2, -0.15) is 5.10 Å². The first kappa shape index (κ1) is 16.5. The summed E-state index contributed by atoms with van der Waals surface area (Å²) in [5, 5.41) is 10.1. The third-order valence-corrected chi connectivity index (χ3v) is 4.15. The van der Waals surface area contributed by atoms with Gasteiger partial charge in [0.1, 0.15) is 6.10 Å².